The Bertz CT molecular complexity index is 1180. The fraction of sp³-hybridized carbons (Fsp3) is 0.0500. The zero-order valence-corrected chi connectivity index (χ0v) is 14.9. The van der Waals surface area contributed by atoms with Gasteiger partial charge >= 0.3 is 0 Å². The molecule has 140 valence electrons. The summed E-state index contributed by atoms with van der Waals surface area (Å²) >= 11 is 0. The van der Waals surface area contributed by atoms with E-state index in [-0.39, 0.29) is 17.2 Å². The molecule has 6 nitrogen and oxygen atoms in total. The van der Waals surface area contributed by atoms with Crippen LogP contribution in [0.3, 0.4) is 0 Å². The van der Waals surface area contributed by atoms with Crippen LogP contribution in [0.15, 0.2) is 54.9 Å². The van der Waals surface area contributed by atoms with Gasteiger partial charge in [-0.3, -0.25) is 4.98 Å². The molecular weight excluding hydrogens is 362 g/mol. The maximum absolute atomic E-state index is 13.9. The minimum Gasteiger partial charge on any atom is -0.393 e. The van der Waals surface area contributed by atoms with E-state index in [1.54, 1.807) is 0 Å². The number of nitrogen functional groups attached to an aromatic ring is 1. The van der Waals surface area contributed by atoms with Crippen molar-refractivity contribution in [3.8, 4) is 0 Å². The summed E-state index contributed by atoms with van der Waals surface area (Å²) in [7, 11) is 0. The monoisotopic (exact) mass is 378 g/mol. The Hall–Kier alpha value is -3.81. The molecule has 2 heterocycles. The van der Waals surface area contributed by atoms with Crippen molar-refractivity contribution in [3.63, 3.8) is 0 Å². The molecule has 0 bridgehead atoms. The molecule has 2 aromatic carbocycles. The van der Waals surface area contributed by atoms with Crippen molar-refractivity contribution in [2.45, 2.75) is 6.92 Å². The molecule has 0 unspecified atom stereocenters. The lowest BCUT2D eigenvalue weighted by Gasteiger charge is -2.14. The van der Waals surface area contributed by atoms with Gasteiger partial charge < -0.3 is 16.4 Å². The van der Waals surface area contributed by atoms with E-state index in [1.165, 1.54) is 12.4 Å². The van der Waals surface area contributed by atoms with E-state index in [1.807, 2.05) is 37.3 Å². The molecule has 4 rings (SSSR count). The first kappa shape index (κ1) is 17.6. The number of rotatable bonds is 4. The molecule has 0 amide bonds. The normalized spacial score (nSPS) is 10.8. The lowest BCUT2D eigenvalue weighted by molar-refractivity contribution is 0.586. The Morgan fingerprint density at radius 2 is 1.64 bits per heavy atom. The van der Waals surface area contributed by atoms with E-state index in [4.69, 9.17) is 5.73 Å². The molecule has 0 fully saturated rings. The number of nitrogens with two attached hydrogens (primary N) is 1. The van der Waals surface area contributed by atoms with E-state index in [0.29, 0.717) is 5.82 Å². The smallest absolute Gasteiger partial charge is 0.159 e. The fourth-order valence-electron chi connectivity index (χ4n) is 2.79. The SMILES string of the molecule is Cc1ccc2cccc(Nc3ncnc(Nc4ccc(F)cc4F)c3N)c2n1. The Morgan fingerprint density at radius 1 is 0.893 bits per heavy atom. The zero-order valence-electron chi connectivity index (χ0n) is 14.9. The van der Waals surface area contributed by atoms with Crippen molar-refractivity contribution in [1.29, 1.82) is 0 Å². The molecule has 0 atom stereocenters. The number of fused-ring (bicyclic) bond motifs is 1. The van der Waals surface area contributed by atoms with Crippen LogP contribution in [-0.2, 0) is 0 Å². The van der Waals surface area contributed by atoms with Crippen molar-refractivity contribution in [2.24, 2.45) is 0 Å². The van der Waals surface area contributed by atoms with E-state index < -0.39 is 11.6 Å². The average Bonchev–Trinajstić information content (AvgIpc) is 2.67. The second-order valence-corrected chi connectivity index (χ2v) is 6.19. The van der Waals surface area contributed by atoms with Crippen LogP contribution in [0.1, 0.15) is 5.69 Å². The van der Waals surface area contributed by atoms with Crippen molar-refractivity contribution in [3.05, 3.63) is 72.2 Å². The maximum atomic E-state index is 13.9. The summed E-state index contributed by atoms with van der Waals surface area (Å²) < 4.78 is 27.0. The van der Waals surface area contributed by atoms with E-state index in [2.05, 4.69) is 25.6 Å². The third-order valence-corrected chi connectivity index (χ3v) is 4.18. The van der Waals surface area contributed by atoms with Crippen LogP contribution in [0, 0.1) is 18.6 Å². The van der Waals surface area contributed by atoms with Gasteiger partial charge in [0.05, 0.1) is 16.9 Å². The van der Waals surface area contributed by atoms with Crippen LogP contribution in [0.5, 0.6) is 0 Å². The summed E-state index contributed by atoms with van der Waals surface area (Å²) in [6, 6.07) is 12.8. The Balaban J connectivity index is 1.69. The number of aryl methyl sites for hydroxylation is 1. The number of benzene rings is 2. The number of nitrogens with zero attached hydrogens (tertiary/aromatic N) is 3. The van der Waals surface area contributed by atoms with E-state index >= 15 is 0 Å². The van der Waals surface area contributed by atoms with Gasteiger partial charge in [0.25, 0.3) is 0 Å². The highest BCUT2D eigenvalue weighted by atomic mass is 19.1. The van der Waals surface area contributed by atoms with Crippen LogP contribution in [0.25, 0.3) is 10.9 Å². The lowest BCUT2D eigenvalue weighted by Crippen LogP contribution is -2.06. The van der Waals surface area contributed by atoms with Crippen LogP contribution >= 0.6 is 0 Å². The van der Waals surface area contributed by atoms with Crippen molar-refractivity contribution >= 4 is 39.6 Å². The van der Waals surface area contributed by atoms with Gasteiger partial charge in [0.2, 0.25) is 0 Å². The number of nitrogens with one attached hydrogen (secondary N) is 2. The highest BCUT2D eigenvalue weighted by Crippen LogP contribution is 2.31. The minimum atomic E-state index is -0.749. The van der Waals surface area contributed by atoms with Gasteiger partial charge in [-0.05, 0) is 31.2 Å². The van der Waals surface area contributed by atoms with E-state index in [0.717, 1.165) is 34.4 Å². The molecule has 0 saturated carbocycles. The average molecular weight is 378 g/mol. The molecule has 0 saturated heterocycles. The Kier molecular flexibility index (Phi) is 4.44. The minimum absolute atomic E-state index is 0.0557. The highest BCUT2D eigenvalue weighted by molar-refractivity contribution is 5.93. The summed E-state index contributed by atoms with van der Waals surface area (Å²) in [5.74, 6) is -0.871. The summed E-state index contributed by atoms with van der Waals surface area (Å²) in [5.41, 5.74) is 8.80. The first-order valence-corrected chi connectivity index (χ1v) is 8.47. The Morgan fingerprint density at radius 3 is 2.39 bits per heavy atom. The standard InChI is InChI=1S/C20H16F2N6/c1-11-5-6-12-3-2-4-16(18(12)26-11)28-20-17(23)19(24-10-25-20)27-15-8-7-13(21)9-14(15)22/h2-10H,23H2,1H3,(H2,24,25,27,28). The molecule has 4 N–H and O–H groups in total. The number of hydrogen-bond donors (Lipinski definition) is 3. The second-order valence-electron chi connectivity index (χ2n) is 6.19. The zero-order chi connectivity index (χ0) is 19.7. The van der Waals surface area contributed by atoms with E-state index in [9.17, 15) is 8.78 Å². The molecule has 2 aromatic heterocycles. The third kappa shape index (κ3) is 3.39. The number of hydrogen-bond acceptors (Lipinski definition) is 6. The maximum Gasteiger partial charge on any atom is 0.159 e. The summed E-state index contributed by atoms with van der Waals surface area (Å²) in [4.78, 5) is 12.8. The summed E-state index contributed by atoms with van der Waals surface area (Å²) in [5, 5.41) is 6.89. The molecule has 4 aromatic rings. The number of para-hydroxylation sites is 1. The topological polar surface area (TPSA) is 88.8 Å². The molecular formula is C20H16F2N6. The first-order chi connectivity index (χ1) is 13.5. The molecule has 0 aliphatic carbocycles. The number of pyridine rings is 1. The third-order valence-electron chi connectivity index (χ3n) is 4.18. The fourth-order valence-corrected chi connectivity index (χ4v) is 2.79. The second kappa shape index (κ2) is 7.07. The van der Waals surface area contributed by atoms with Crippen LogP contribution in [0.4, 0.5) is 37.5 Å². The lowest BCUT2D eigenvalue weighted by atomic mass is 10.1. The predicted octanol–water partition coefficient (Wildman–Crippen LogP) is 4.68. The van der Waals surface area contributed by atoms with Crippen LogP contribution < -0.4 is 16.4 Å². The molecule has 28 heavy (non-hydrogen) atoms. The van der Waals surface area contributed by atoms with Gasteiger partial charge in [-0.1, -0.05) is 18.2 Å². The number of aromatic nitrogens is 3. The van der Waals surface area contributed by atoms with Gasteiger partial charge in [0, 0.05) is 17.1 Å². The summed E-state index contributed by atoms with van der Waals surface area (Å²) in [6.45, 7) is 1.91. The first-order valence-electron chi connectivity index (χ1n) is 8.47. The Labute approximate surface area is 159 Å². The van der Waals surface area contributed by atoms with Gasteiger partial charge in [-0.15, -0.1) is 0 Å². The summed E-state index contributed by atoms with van der Waals surface area (Å²) in [6.07, 6.45) is 1.30. The van der Waals surface area contributed by atoms with Crippen molar-refractivity contribution in [2.75, 3.05) is 16.4 Å². The van der Waals surface area contributed by atoms with Crippen LogP contribution in [0.2, 0.25) is 0 Å². The van der Waals surface area contributed by atoms with Crippen molar-refractivity contribution in [1.82, 2.24) is 15.0 Å². The molecule has 0 spiro atoms. The largest absolute Gasteiger partial charge is 0.393 e. The van der Waals surface area contributed by atoms with Gasteiger partial charge in [-0.2, -0.15) is 0 Å². The van der Waals surface area contributed by atoms with Gasteiger partial charge in [0.15, 0.2) is 11.6 Å². The number of anilines is 5. The predicted molar refractivity (Wildman–Crippen MR) is 106 cm³/mol. The highest BCUT2D eigenvalue weighted by Gasteiger charge is 2.12. The molecule has 8 heteroatoms. The molecule has 0 aliphatic rings. The van der Waals surface area contributed by atoms with Gasteiger partial charge in [0.1, 0.15) is 23.6 Å². The van der Waals surface area contributed by atoms with Crippen molar-refractivity contribution < 1.29 is 8.78 Å². The van der Waals surface area contributed by atoms with Crippen LogP contribution in [-0.4, -0.2) is 15.0 Å². The molecule has 0 aliphatic heterocycles. The molecule has 0 radical (unpaired) electrons. The quantitative estimate of drug-likeness (QED) is 0.478. The number of halogens is 2. The van der Waals surface area contributed by atoms with Gasteiger partial charge in [-0.25, -0.2) is 18.7 Å².